The Bertz CT molecular complexity index is 600. The minimum atomic E-state index is -1.43. The molecule has 1 heterocycles. The summed E-state index contributed by atoms with van der Waals surface area (Å²) in [5.41, 5.74) is 0.112. The first-order valence-corrected chi connectivity index (χ1v) is 7.83. The van der Waals surface area contributed by atoms with Gasteiger partial charge in [0.05, 0.1) is 6.04 Å². The lowest BCUT2D eigenvalue weighted by Crippen LogP contribution is -2.24. The molecule has 0 aliphatic rings. The van der Waals surface area contributed by atoms with Gasteiger partial charge in [-0.3, -0.25) is 0 Å². The van der Waals surface area contributed by atoms with Gasteiger partial charge < -0.3 is 5.32 Å². The maximum Gasteiger partial charge on any atom is 0.194 e. The molecule has 0 bridgehead atoms. The predicted octanol–water partition coefficient (Wildman–Crippen LogP) is 5.02. The summed E-state index contributed by atoms with van der Waals surface area (Å²) in [5.74, 6) is -3.75. The number of hydrogen-bond donors (Lipinski definition) is 1. The van der Waals surface area contributed by atoms with Gasteiger partial charge in [-0.15, -0.1) is 11.3 Å². The molecule has 2 aromatic rings. The number of thiophene rings is 1. The molecule has 1 nitrogen and oxygen atoms in total. The number of benzene rings is 1. The SMILES string of the molecule is CCCNC(c1ccc(F)c(F)c1F)c1sccc1Br. The smallest absolute Gasteiger partial charge is 0.194 e. The van der Waals surface area contributed by atoms with E-state index in [9.17, 15) is 13.2 Å². The van der Waals surface area contributed by atoms with Gasteiger partial charge in [-0.2, -0.15) is 0 Å². The third-order valence-corrected chi connectivity index (χ3v) is 4.82. The molecule has 0 radical (unpaired) electrons. The molecular weight excluding hydrogens is 351 g/mol. The fourth-order valence-corrected chi connectivity index (χ4v) is 3.60. The maximum absolute atomic E-state index is 14.0. The molecule has 20 heavy (non-hydrogen) atoms. The van der Waals surface area contributed by atoms with Crippen molar-refractivity contribution in [2.45, 2.75) is 19.4 Å². The predicted molar refractivity (Wildman–Crippen MR) is 78.5 cm³/mol. The lowest BCUT2D eigenvalue weighted by Gasteiger charge is -2.19. The summed E-state index contributed by atoms with van der Waals surface area (Å²) in [5, 5.41) is 5.03. The normalized spacial score (nSPS) is 12.7. The Kier molecular flexibility index (Phi) is 5.23. The van der Waals surface area contributed by atoms with Crippen LogP contribution in [0.4, 0.5) is 13.2 Å². The van der Waals surface area contributed by atoms with E-state index in [4.69, 9.17) is 0 Å². The Hall–Kier alpha value is -0.850. The van der Waals surface area contributed by atoms with Gasteiger partial charge in [0.1, 0.15) is 0 Å². The standard InChI is InChI=1S/C14H13BrF3NS/c1-2-6-19-13(14-9(15)5-7-20-14)8-3-4-10(16)12(18)11(8)17/h3-5,7,13,19H,2,6H2,1H3. The van der Waals surface area contributed by atoms with E-state index in [0.717, 1.165) is 21.8 Å². The zero-order valence-electron chi connectivity index (χ0n) is 10.7. The molecule has 1 aromatic heterocycles. The Morgan fingerprint density at radius 3 is 2.55 bits per heavy atom. The second-order valence-corrected chi connectivity index (χ2v) is 6.09. The third-order valence-electron chi connectivity index (χ3n) is 2.88. The quantitative estimate of drug-likeness (QED) is 0.735. The maximum atomic E-state index is 14.0. The van der Waals surface area contributed by atoms with Crippen LogP contribution in [0.3, 0.4) is 0 Å². The molecule has 1 unspecified atom stereocenters. The molecule has 0 fully saturated rings. The van der Waals surface area contributed by atoms with Crippen LogP contribution in [0.25, 0.3) is 0 Å². The minimum Gasteiger partial charge on any atom is -0.305 e. The molecule has 2 rings (SSSR count). The molecule has 108 valence electrons. The average Bonchev–Trinajstić information content (AvgIpc) is 2.85. The van der Waals surface area contributed by atoms with Crippen molar-refractivity contribution in [2.75, 3.05) is 6.54 Å². The lowest BCUT2D eigenvalue weighted by molar-refractivity contribution is 0.433. The van der Waals surface area contributed by atoms with Crippen molar-refractivity contribution in [3.05, 3.63) is 55.9 Å². The highest BCUT2D eigenvalue weighted by atomic mass is 79.9. The van der Waals surface area contributed by atoms with Gasteiger partial charge in [0.25, 0.3) is 0 Å². The minimum absolute atomic E-state index is 0.112. The molecule has 1 atom stereocenters. The monoisotopic (exact) mass is 363 g/mol. The highest BCUT2D eigenvalue weighted by Gasteiger charge is 2.24. The van der Waals surface area contributed by atoms with E-state index in [-0.39, 0.29) is 5.56 Å². The van der Waals surface area contributed by atoms with Crippen LogP contribution in [0.15, 0.2) is 28.1 Å². The summed E-state index contributed by atoms with van der Waals surface area (Å²) in [4.78, 5) is 0.836. The van der Waals surface area contributed by atoms with Crippen LogP contribution in [0.5, 0.6) is 0 Å². The molecule has 0 saturated heterocycles. The van der Waals surface area contributed by atoms with Gasteiger partial charge in [-0.05, 0) is 46.4 Å². The van der Waals surface area contributed by atoms with Crippen LogP contribution in [0.1, 0.15) is 29.8 Å². The van der Waals surface area contributed by atoms with Crippen LogP contribution >= 0.6 is 27.3 Å². The van der Waals surface area contributed by atoms with E-state index < -0.39 is 23.5 Å². The van der Waals surface area contributed by atoms with Crippen LogP contribution in [-0.2, 0) is 0 Å². The number of halogens is 4. The van der Waals surface area contributed by atoms with Gasteiger partial charge >= 0.3 is 0 Å². The van der Waals surface area contributed by atoms with E-state index in [1.54, 1.807) is 0 Å². The Balaban J connectivity index is 2.47. The summed E-state index contributed by atoms with van der Waals surface area (Å²) in [7, 11) is 0. The van der Waals surface area contributed by atoms with Gasteiger partial charge in [0.2, 0.25) is 0 Å². The van der Waals surface area contributed by atoms with Gasteiger partial charge in [-0.25, -0.2) is 13.2 Å². The molecule has 0 amide bonds. The van der Waals surface area contributed by atoms with Crippen LogP contribution in [-0.4, -0.2) is 6.54 Å². The highest BCUT2D eigenvalue weighted by molar-refractivity contribution is 9.10. The topological polar surface area (TPSA) is 12.0 Å². The third kappa shape index (κ3) is 3.07. The van der Waals surface area contributed by atoms with E-state index in [2.05, 4.69) is 21.2 Å². The molecule has 1 aromatic carbocycles. The van der Waals surface area contributed by atoms with E-state index in [1.165, 1.54) is 17.4 Å². The summed E-state index contributed by atoms with van der Waals surface area (Å²) in [6.07, 6.45) is 0.852. The first-order valence-electron chi connectivity index (χ1n) is 6.16. The lowest BCUT2D eigenvalue weighted by atomic mass is 10.0. The first kappa shape index (κ1) is 15.5. The number of hydrogen-bond acceptors (Lipinski definition) is 2. The molecule has 1 N–H and O–H groups in total. The first-order chi connectivity index (χ1) is 9.56. The van der Waals surface area contributed by atoms with Crippen molar-refractivity contribution in [1.82, 2.24) is 5.32 Å². The fourth-order valence-electron chi connectivity index (χ4n) is 1.91. The average molecular weight is 364 g/mol. The Morgan fingerprint density at radius 1 is 1.20 bits per heavy atom. The molecule has 0 spiro atoms. The number of nitrogens with one attached hydrogen (secondary N) is 1. The molecule has 0 aliphatic carbocycles. The van der Waals surface area contributed by atoms with Crippen molar-refractivity contribution in [3.8, 4) is 0 Å². The largest absolute Gasteiger partial charge is 0.305 e. The van der Waals surface area contributed by atoms with Crippen LogP contribution < -0.4 is 5.32 Å². The summed E-state index contributed by atoms with van der Waals surface area (Å²) >= 11 is 4.82. The van der Waals surface area contributed by atoms with Gasteiger partial charge in [0.15, 0.2) is 17.5 Å². The van der Waals surface area contributed by atoms with Crippen molar-refractivity contribution in [2.24, 2.45) is 0 Å². The van der Waals surface area contributed by atoms with Crippen LogP contribution in [0, 0.1) is 17.5 Å². The van der Waals surface area contributed by atoms with Crippen molar-refractivity contribution in [1.29, 1.82) is 0 Å². The molecule has 0 saturated carbocycles. The summed E-state index contributed by atoms with van der Waals surface area (Å²) in [6.45, 7) is 2.63. The zero-order valence-corrected chi connectivity index (χ0v) is 13.1. The second-order valence-electron chi connectivity index (χ2n) is 4.28. The zero-order chi connectivity index (χ0) is 14.7. The van der Waals surface area contributed by atoms with Gasteiger partial charge in [0, 0.05) is 14.9 Å². The van der Waals surface area contributed by atoms with Crippen molar-refractivity contribution >= 4 is 27.3 Å². The fraction of sp³-hybridized carbons (Fsp3) is 0.286. The van der Waals surface area contributed by atoms with E-state index in [1.807, 2.05) is 18.4 Å². The molecule has 0 aliphatic heterocycles. The molecular formula is C14H13BrF3NS. The number of rotatable bonds is 5. The van der Waals surface area contributed by atoms with Gasteiger partial charge in [-0.1, -0.05) is 13.0 Å². The van der Waals surface area contributed by atoms with Crippen molar-refractivity contribution < 1.29 is 13.2 Å². The molecule has 6 heteroatoms. The Labute approximate surface area is 128 Å². The van der Waals surface area contributed by atoms with E-state index in [0.29, 0.717) is 6.54 Å². The second kappa shape index (κ2) is 6.74. The van der Waals surface area contributed by atoms with Crippen molar-refractivity contribution in [3.63, 3.8) is 0 Å². The Morgan fingerprint density at radius 2 is 1.95 bits per heavy atom. The van der Waals surface area contributed by atoms with Crippen LogP contribution in [0.2, 0.25) is 0 Å². The summed E-state index contributed by atoms with van der Waals surface area (Å²) in [6, 6.07) is 3.58. The highest BCUT2D eigenvalue weighted by Crippen LogP contribution is 2.35. The van der Waals surface area contributed by atoms with E-state index >= 15 is 0 Å². The summed E-state index contributed by atoms with van der Waals surface area (Å²) < 4.78 is 41.3.